The molecule has 0 aliphatic heterocycles. The summed E-state index contributed by atoms with van der Waals surface area (Å²) in [4.78, 5) is 10.8. The highest BCUT2D eigenvalue weighted by molar-refractivity contribution is 5.67. The molecule has 1 aliphatic carbocycles. The van der Waals surface area contributed by atoms with Crippen LogP contribution in [0.5, 0.6) is 0 Å². The van der Waals surface area contributed by atoms with Gasteiger partial charge in [0.1, 0.15) is 0 Å². The summed E-state index contributed by atoms with van der Waals surface area (Å²) in [5.41, 5.74) is 4.20. The predicted molar refractivity (Wildman–Crippen MR) is 55.5 cm³/mol. The number of hydrogen-bond donors (Lipinski definition) is 0. The molecular formula is C12H16O2. The molecule has 0 heterocycles. The van der Waals surface area contributed by atoms with E-state index in [0.717, 1.165) is 18.4 Å². The summed E-state index contributed by atoms with van der Waals surface area (Å²) < 4.78 is 5.06. The van der Waals surface area contributed by atoms with Gasteiger partial charge in [0.05, 0.1) is 0 Å². The topological polar surface area (TPSA) is 26.3 Å². The van der Waals surface area contributed by atoms with Gasteiger partial charge in [-0.2, -0.15) is 0 Å². The third kappa shape index (κ3) is 2.90. The van der Waals surface area contributed by atoms with Crippen molar-refractivity contribution in [2.75, 3.05) is 0 Å². The number of carbonyl (C=O) groups is 1. The van der Waals surface area contributed by atoms with Crippen molar-refractivity contribution < 1.29 is 9.53 Å². The second kappa shape index (κ2) is 3.85. The van der Waals surface area contributed by atoms with E-state index in [1.54, 1.807) is 6.08 Å². The van der Waals surface area contributed by atoms with E-state index in [0.29, 0.717) is 5.76 Å². The molecule has 0 radical (unpaired) electrons. The lowest BCUT2D eigenvalue weighted by Gasteiger charge is -2.27. The largest absolute Gasteiger partial charge is 0.423 e. The minimum Gasteiger partial charge on any atom is -0.423 e. The lowest BCUT2D eigenvalue weighted by molar-refractivity contribution is -0.137. The molecule has 0 aromatic rings. The molecule has 0 fully saturated rings. The highest BCUT2D eigenvalue weighted by Gasteiger charge is 2.25. The van der Waals surface area contributed by atoms with Crippen molar-refractivity contribution in [1.29, 1.82) is 0 Å². The van der Waals surface area contributed by atoms with Crippen LogP contribution in [0.4, 0.5) is 0 Å². The van der Waals surface area contributed by atoms with Crippen LogP contribution in [-0.4, -0.2) is 5.97 Å². The van der Waals surface area contributed by atoms with Crippen LogP contribution in [0.1, 0.15) is 33.6 Å². The fraction of sp³-hybridized carbons (Fsp3) is 0.500. The Balaban J connectivity index is 2.95. The Labute approximate surface area is 85.0 Å². The molecule has 0 aromatic carbocycles. The molecule has 0 spiro atoms. The van der Waals surface area contributed by atoms with E-state index in [1.165, 1.54) is 6.92 Å². The van der Waals surface area contributed by atoms with Crippen molar-refractivity contribution in [3.8, 4) is 0 Å². The quantitative estimate of drug-likeness (QED) is 0.496. The van der Waals surface area contributed by atoms with Crippen LogP contribution in [-0.2, 0) is 9.53 Å². The number of carbonyl (C=O) groups excluding carboxylic acids is 1. The van der Waals surface area contributed by atoms with Gasteiger partial charge in [-0.05, 0) is 17.4 Å². The van der Waals surface area contributed by atoms with Gasteiger partial charge in [-0.15, -0.1) is 0 Å². The van der Waals surface area contributed by atoms with Crippen LogP contribution in [0.25, 0.3) is 0 Å². The second-order valence-corrected chi connectivity index (χ2v) is 4.39. The molecule has 0 saturated heterocycles. The molecule has 1 aliphatic rings. The van der Waals surface area contributed by atoms with Gasteiger partial charge in [0.2, 0.25) is 0 Å². The number of esters is 1. The van der Waals surface area contributed by atoms with Gasteiger partial charge in [-0.25, -0.2) is 0 Å². The third-order valence-electron chi connectivity index (χ3n) is 2.12. The van der Waals surface area contributed by atoms with Gasteiger partial charge in [0.25, 0.3) is 0 Å². The van der Waals surface area contributed by atoms with E-state index < -0.39 is 0 Å². The Kier molecular flexibility index (Phi) is 2.97. The molecule has 0 aromatic heterocycles. The molecule has 2 heteroatoms. The third-order valence-corrected chi connectivity index (χ3v) is 2.12. The van der Waals surface area contributed by atoms with Crippen LogP contribution in [0.2, 0.25) is 0 Å². The normalized spacial score (nSPS) is 19.4. The van der Waals surface area contributed by atoms with E-state index in [1.807, 2.05) is 0 Å². The number of rotatable bonds is 2. The molecule has 14 heavy (non-hydrogen) atoms. The standard InChI is InChI=1S/C12H16O2/c1-5-10-6-11(14-9(2)13)8-12(3,4)7-10/h5H,1,7-8H2,2-4H3. The Morgan fingerprint density at radius 3 is 2.71 bits per heavy atom. The molecule has 0 amide bonds. The van der Waals surface area contributed by atoms with Crippen molar-refractivity contribution in [3.05, 3.63) is 29.7 Å². The predicted octanol–water partition coefficient (Wildman–Crippen LogP) is 2.96. The van der Waals surface area contributed by atoms with Crippen molar-refractivity contribution in [3.63, 3.8) is 0 Å². The van der Waals surface area contributed by atoms with Crippen molar-refractivity contribution in [2.45, 2.75) is 33.6 Å². The Morgan fingerprint density at radius 1 is 1.57 bits per heavy atom. The van der Waals surface area contributed by atoms with Crippen LogP contribution in [0, 0.1) is 5.41 Å². The zero-order valence-electron chi connectivity index (χ0n) is 9.02. The van der Waals surface area contributed by atoms with Crippen LogP contribution in [0.15, 0.2) is 29.7 Å². The zero-order chi connectivity index (χ0) is 10.8. The first-order valence-electron chi connectivity index (χ1n) is 4.72. The van der Waals surface area contributed by atoms with Crippen LogP contribution in [0.3, 0.4) is 0 Å². The zero-order valence-corrected chi connectivity index (χ0v) is 9.02. The first-order valence-corrected chi connectivity index (χ1v) is 4.72. The Morgan fingerprint density at radius 2 is 2.21 bits per heavy atom. The lowest BCUT2D eigenvalue weighted by Crippen LogP contribution is -2.17. The fourth-order valence-corrected chi connectivity index (χ4v) is 1.64. The Hall–Kier alpha value is -1.27. The maximum absolute atomic E-state index is 10.8. The summed E-state index contributed by atoms with van der Waals surface area (Å²) in [6.07, 6.45) is 3.45. The van der Waals surface area contributed by atoms with Gasteiger partial charge >= 0.3 is 5.97 Å². The maximum atomic E-state index is 10.8. The average Bonchev–Trinajstić information content (AvgIpc) is 1.99. The molecule has 0 atom stereocenters. The fourth-order valence-electron chi connectivity index (χ4n) is 1.64. The SMILES string of the molecule is C=CC1=C=C(OC(C)=O)CC(C)(C)C1. The van der Waals surface area contributed by atoms with E-state index in [9.17, 15) is 4.79 Å². The lowest BCUT2D eigenvalue weighted by atomic mass is 9.79. The monoisotopic (exact) mass is 192 g/mol. The first-order chi connectivity index (χ1) is 6.43. The summed E-state index contributed by atoms with van der Waals surface area (Å²) in [5, 5.41) is 0. The van der Waals surface area contributed by atoms with Crippen LogP contribution < -0.4 is 0 Å². The summed E-state index contributed by atoms with van der Waals surface area (Å²) in [5.74, 6) is 0.345. The molecule has 0 N–H and O–H groups in total. The van der Waals surface area contributed by atoms with E-state index in [-0.39, 0.29) is 11.4 Å². The molecule has 76 valence electrons. The smallest absolute Gasteiger partial charge is 0.308 e. The van der Waals surface area contributed by atoms with Gasteiger partial charge < -0.3 is 4.74 Å². The molecule has 0 bridgehead atoms. The van der Waals surface area contributed by atoms with Crippen molar-refractivity contribution in [1.82, 2.24) is 0 Å². The number of allylic oxidation sites excluding steroid dienone is 2. The minimum atomic E-state index is -0.284. The average molecular weight is 192 g/mol. The van der Waals surface area contributed by atoms with Crippen molar-refractivity contribution in [2.24, 2.45) is 5.41 Å². The minimum absolute atomic E-state index is 0.125. The van der Waals surface area contributed by atoms with E-state index in [2.05, 4.69) is 26.2 Å². The summed E-state index contributed by atoms with van der Waals surface area (Å²) >= 11 is 0. The van der Waals surface area contributed by atoms with Gasteiger partial charge in [-0.3, -0.25) is 4.79 Å². The molecule has 0 unspecified atom stereocenters. The highest BCUT2D eigenvalue weighted by atomic mass is 16.5. The van der Waals surface area contributed by atoms with Crippen LogP contribution >= 0.6 is 0 Å². The summed E-state index contributed by atoms with van der Waals surface area (Å²) in [6.45, 7) is 9.40. The van der Waals surface area contributed by atoms with E-state index >= 15 is 0 Å². The second-order valence-electron chi connectivity index (χ2n) is 4.39. The summed E-state index contributed by atoms with van der Waals surface area (Å²) in [7, 11) is 0. The number of ether oxygens (including phenoxy) is 1. The van der Waals surface area contributed by atoms with Gasteiger partial charge in [0.15, 0.2) is 5.76 Å². The van der Waals surface area contributed by atoms with Gasteiger partial charge in [-0.1, -0.05) is 32.2 Å². The molecule has 1 rings (SSSR count). The maximum Gasteiger partial charge on any atom is 0.308 e. The first kappa shape index (κ1) is 10.8. The Bertz CT molecular complexity index is 328. The summed E-state index contributed by atoms with van der Waals surface area (Å²) in [6, 6.07) is 0. The highest BCUT2D eigenvalue weighted by Crippen LogP contribution is 2.36. The van der Waals surface area contributed by atoms with Gasteiger partial charge in [0, 0.05) is 13.3 Å². The molecule has 0 saturated carbocycles. The molecule has 2 nitrogen and oxygen atoms in total. The van der Waals surface area contributed by atoms with Crippen molar-refractivity contribution >= 4 is 5.97 Å². The molecular weight excluding hydrogens is 176 g/mol. The number of hydrogen-bond acceptors (Lipinski definition) is 2. The van der Waals surface area contributed by atoms with E-state index in [4.69, 9.17) is 4.74 Å².